The molecule has 0 radical (unpaired) electrons. The van der Waals surface area contributed by atoms with Gasteiger partial charge in [0, 0.05) is 18.0 Å². The molecule has 112 valence electrons. The van der Waals surface area contributed by atoms with Gasteiger partial charge in [0.1, 0.15) is 11.3 Å². The Labute approximate surface area is 124 Å². The minimum atomic E-state index is -0.431. The van der Waals surface area contributed by atoms with Gasteiger partial charge in [0.15, 0.2) is 0 Å². The number of benzene rings is 1. The summed E-state index contributed by atoms with van der Waals surface area (Å²) in [6, 6.07) is 6.04. The Morgan fingerprint density at radius 1 is 1.48 bits per heavy atom. The van der Waals surface area contributed by atoms with Crippen LogP contribution >= 0.6 is 0 Å². The van der Waals surface area contributed by atoms with Crippen LogP contribution < -0.4 is 5.73 Å². The molecule has 2 aromatic rings. The van der Waals surface area contributed by atoms with Gasteiger partial charge in [-0.05, 0) is 38.9 Å². The van der Waals surface area contributed by atoms with Gasteiger partial charge in [0.05, 0.1) is 11.1 Å². The molecule has 0 saturated carbocycles. The van der Waals surface area contributed by atoms with E-state index in [4.69, 9.17) is 10.7 Å². The summed E-state index contributed by atoms with van der Waals surface area (Å²) in [6.45, 7) is 8.73. The number of imidazole rings is 1. The van der Waals surface area contributed by atoms with Crippen LogP contribution in [0, 0.1) is 0 Å². The summed E-state index contributed by atoms with van der Waals surface area (Å²) in [7, 11) is 0. The lowest BCUT2D eigenvalue weighted by Gasteiger charge is -2.24. The smallest absolute Gasteiger partial charge is 0.250 e. The third-order valence-corrected chi connectivity index (χ3v) is 4.58. The summed E-state index contributed by atoms with van der Waals surface area (Å²) in [4.78, 5) is 22.1. The van der Waals surface area contributed by atoms with Crippen LogP contribution in [0.2, 0.25) is 0 Å². The average molecular weight is 286 g/mol. The minimum absolute atomic E-state index is 0.00178. The maximum atomic E-state index is 11.5. The first-order chi connectivity index (χ1) is 9.90. The van der Waals surface area contributed by atoms with Crippen LogP contribution in [-0.4, -0.2) is 39.9 Å². The number of carbonyl (C=O) groups excluding carboxylic acids is 1. The first kappa shape index (κ1) is 14.1. The second-order valence-electron chi connectivity index (χ2n) is 6.53. The molecule has 1 amide bonds. The number of rotatable bonds is 3. The van der Waals surface area contributed by atoms with Crippen LogP contribution in [0.5, 0.6) is 0 Å². The Bertz CT molecular complexity index is 691. The van der Waals surface area contributed by atoms with Crippen molar-refractivity contribution in [2.45, 2.75) is 38.6 Å². The summed E-state index contributed by atoms with van der Waals surface area (Å²) in [5.74, 6) is 0.522. The van der Waals surface area contributed by atoms with E-state index in [1.807, 2.05) is 12.1 Å². The van der Waals surface area contributed by atoms with Gasteiger partial charge in [-0.15, -0.1) is 0 Å². The zero-order valence-corrected chi connectivity index (χ0v) is 12.8. The highest BCUT2D eigenvalue weighted by Gasteiger charge is 2.38. The van der Waals surface area contributed by atoms with Gasteiger partial charge in [-0.2, -0.15) is 0 Å². The Morgan fingerprint density at radius 3 is 2.86 bits per heavy atom. The highest BCUT2D eigenvalue weighted by Crippen LogP contribution is 2.34. The number of H-pyrrole nitrogens is 1. The monoisotopic (exact) mass is 286 g/mol. The fraction of sp³-hybridized carbons (Fsp3) is 0.500. The third kappa shape index (κ3) is 2.31. The normalized spacial score (nSPS) is 23.2. The minimum Gasteiger partial charge on any atom is -0.366 e. The number of hydrogen-bond donors (Lipinski definition) is 2. The molecule has 1 saturated heterocycles. The molecule has 1 aromatic heterocycles. The largest absolute Gasteiger partial charge is 0.366 e. The number of fused-ring (bicyclic) bond motifs is 1. The van der Waals surface area contributed by atoms with Crippen molar-refractivity contribution in [2.24, 2.45) is 5.73 Å². The van der Waals surface area contributed by atoms with E-state index in [1.54, 1.807) is 6.07 Å². The van der Waals surface area contributed by atoms with Crippen LogP contribution in [0.15, 0.2) is 18.2 Å². The van der Waals surface area contributed by atoms with E-state index in [2.05, 4.69) is 30.7 Å². The highest BCUT2D eigenvalue weighted by atomic mass is 16.1. The van der Waals surface area contributed by atoms with E-state index in [1.165, 1.54) is 0 Å². The lowest BCUT2D eigenvalue weighted by molar-refractivity contribution is 0.100. The highest BCUT2D eigenvalue weighted by molar-refractivity contribution is 6.04. The van der Waals surface area contributed by atoms with Crippen LogP contribution in [-0.2, 0) is 5.41 Å². The van der Waals surface area contributed by atoms with Crippen molar-refractivity contribution in [1.82, 2.24) is 14.9 Å². The number of carbonyl (C=O) groups is 1. The molecule has 1 fully saturated rings. The molecule has 1 aliphatic rings. The average Bonchev–Trinajstić information content (AvgIpc) is 3.02. The molecule has 1 atom stereocenters. The van der Waals surface area contributed by atoms with Crippen LogP contribution in [0.3, 0.4) is 0 Å². The van der Waals surface area contributed by atoms with E-state index < -0.39 is 5.91 Å². The number of nitrogens with two attached hydrogens (primary N) is 1. The zero-order chi connectivity index (χ0) is 15.2. The number of hydrogen-bond acceptors (Lipinski definition) is 3. The molecule has 1 aliphatic heterocycles. The first-order valence-corrected chi connectivity index (χ1v) is 7.44. The Morgan fingerprint density at radius 2 is 2.24 bits per heavy atom. The predicted octanol–water partition coefficient (Wildman–Crippen LogP) is 2.03. The number of nitrogens with zero attached hydrogens (tertiary/aromatic N) is 2. The molecule has 1 unspecified atom stereocenters. The Balaban J connectivity index is 2.02. The van der Waals surface area contributed by atoms with Gasteiger partial charge >= 0.3 is 0 Å². The van der Waals surface area contributed by atoms with Gasteiger partial charge in [0.2, 0.25) is 0 Å². The fourth-order valence-electron chi connectivity index (χ4n) is 3.15. The zero-order valence-electron chi connectivity index (χ0n) is 12.8. The van der Waals surface area contributed by atoms with E-state index in [0.29, 0.717) is 17.1 Å². The van der Waals surface area contributed by atoms with Gasteiger partial charge in [-0.3, -0.25) is 9.69 Å². The van der Waals surface area contributed by atoms with Gasteiger partial charge < -0.3 is 10.7 Å². The summed E-state index contributed by atoms with van der Waals surface area (Å²) >= 11 is 0. The van der Waals surface area contributed by atoms with Crippen molar-refractivity contribution in [3.05, 3.63) is 29.6 Å². The lowest BCUT2D eigenvalue weighted by atomic mass is 9.89. The molecule has 0 aliphatic carbocycles. The summed E-state index contributed by atoms with van der Waals surface area (Å²) in [5, 5.41) is 0. The standard InChI is InChI=1S/C16H22N4O/c1-10(2)20-8-7-16(3,9-20)15-18-12-6-4-5-11(14(17)21)13(12)19-15/h4-6,10H,7-9H2,1-3H3,(H2,17,21)(H,18,19). The molecule has 21 heavy (non-hydrogen) atoms. The quantitative estimate of drug-likeness (QED) is 0.906. The van der Waals surface area contributed by atoms with Gasteiger partial charge in [0.25, 0.3) is 5.91 Å². The third-order valence-electron chi connectivity index (χ3n) is 4.58. The van der Waals surface area contributed by atoms with E-state index in [0.717, 1.165) is 30.9 Å². The molecule has 2 heterocycles. The van der Waals surface area contributed by atoms with E-state index >= 15 is 0 Å². The van der Waals surface area contributed by atoms with E-state index in [9.17, 15) is 4.79 Å². The number of likely N-dealkylation sites (tertiary alicyclic amines) is 1. The Hall–Kier alpha value is -1.88. The predicted molar refractivity (Wildman–Crippen MR) is 83.3 cm³/mol. The molecule has 5 nitrogen and oxygen atoms in total. The number of para-hydroxylation sites is 1. The molecule has 1 aromatic carbocycles. The maximum absolute atomic E-state index is 11.5. The van der Waals surface area contributed by atoms with E-state index in [-0.39, 0.29) is 5.41 Å². The van der Waals surface area contributed by atoms with Crippen LogP contribution in [0.25, 0.3) is 11.0 Å². The van der Waals surface area contributed by atoms with Crippen LogP contribution in [0.1, 0.15) is 43.4 Å². The van der Waals surface area contributed by atoms with Crippen molar-refractivity contribution >= 4 is 16.9 Å². The van der Waals surface area contributed by atoms with Crippen molar-refractivity contribution in [2.75, 3.05) is 13.1 Å². The molecular formula is C16H22N4O. The molecular weight excluding hydrogens is 264 g/mol. The lowest BCUT2D eigenvalue weighted by Crippen LogP contribution is -2.33. The summed E-state index contributed by atoms with van der Waals surface area (Å²) in [6.07, 6.45) is 1.07. The van der Waals surface area contributed by atoms with Crippen molar-refractivity contribution in [3.8, 4) is 0 Å². The first-order valence-electron chi connectivity index (χ1n) is 7.44. The Kier molecular flexibility index (Phi) is 3.24. The second-order valence-corrected chi connectivity index (χ2v) is 6.53. The van der Waals surface area contributed by atoms with Gasteiger partial charge in [-0.1, -0.05) is 13.0 Å². The topological polar surface area (TPSA) is 75.0 Å². The second kappa shape index (κ2) is 4.84. The fourth-order valence-corrected chi connectivity index (χ4v) is 3.15. The van der Waals surface area contributed by atoms with Crippen molar-refractivity contribution in [1.29, 1.82) is 0 Å². The molecule has 3 N–H and O–H groups in total. The molecule has 3 rings (SSSR count). The number of aromatic amines is 1. The molecule has 0 spiro atoms. The number of nitrogens with one attached hydrogen (secondary N) is 1. The number of amides is 1. The van der Waals surface area contributed by atoms with Crippen molar-refractivity contribution in [3.63, 3.8) is 0 Å². The summed E-state index contributed by atoms with van der Waals surface area (Å²) in [5.41, 5.74) is 7.48. The summed E-state index contributed by atoms with van der Waals surface area (Å²) < 4.78 is 0. The number of primary amides is 1. The van der Waals surface area contributed by atoms with Crippen LogP contribution in [0.4, 0.5) is 0 Å². The molecule has 5 heteroatoms. The SMILES string of the molecule is CC(C)N1CCC(C)(c2nc3c(C(N)=O)cccc3[nH]2)C1. The maximum Gasteiger partial charge on any atom is 0.250 e. The number of aromatic nitrogens is 2. The van der Waals surface area contributed by atoms with Crippen molar-refractivity contribution < 1.29 is 4.79 Å². The van der Waals surface area contributed by atoms with Gasteiger partial charge in [-0.25, -0.2) is 4.98 Å². The molecule has 0 bridgehead atoms.